The quantitative estimate of drug-likeness (QED) is 0.887. The monoisotopic (exact) mass is 309 g/mol. The summed E-state index contributed by atoms with van der Waals surface area (Å²) in [6.07, 6.45) is 1.52. The number of nitrogens with two attached hydrogens (primary N) is 1. The Labute approximate surface area is 129 Å². The van der Waals surface area contributed by atoms with Gasteiger partial charge in [0.05, 0.1) is 16.4 Å². The molecule has 0 aliphatic rings. The molecule has 0 saturated carbocycles. The van der Waals surface area contributed by atoms with Gasteiger partial charge in [-0.15, -0.1) is 0 Å². The van der Waals surface area contributed by atoms with Crippen molar-refractivity contribution in [1.29, 1.82) is 0 Å². The Balaban J connectivity index is 2.30. The molecule has 21 heavy (non-hydrogen) atoms. The van der Waals surface area contributed by atoms with Crippen molar-refractivity contribution in [2.24, 2.45) is 5.73 Å². The maximum Gasteiger partial charge on any atom is 0.123 e. The first-order valence-corrected chi connectivity index (χ1v) is 7.68. The van der Waals surface area contributed by atoms with Crippen LogP contribution in [0.5, 0.6) is 0 Å². The minimum absolute atomic E-state index is 0.106. The summed E-state index contributed by atoms with van der Waals surface area (Å²) in [6.45, 7) is 5.34. The Bertz CT molecular complexity index is 592. The standard InChI is InChI=1S/C16H21ClFN3/c1-3-14-16(17)15(21(4-2)20-14)9-12(10-19)11-5-7-13(18)8-6-11/h5-8,12H,3-4,9-10,19H2,1-2H3. The molecule has 2 aromatic rings. The molecule has 3 nitrogen and oxygen atoms in total. The van der Waals surface area contributed by atoms with Gasteiger partial charge < -0.3 is 5.73 Å². The SMILES string of the molecule is CCc1nn(CC)c(CC(CN)c2ccc(F)cc2)c1Cl. The zero-order valence-electron chi connectivity index (χ0n) is 12.4. The Morgan fingerprint density at radius 3 is 2.48 bits per heavy atom. The molecule has 0 amide bonds. The summed E-state index contributed by atoms with van der Waals surface area (Å²) < 4.78 is 15.0. The number of aryl methyl sites for hydroxylation is 2. The Kier molecular flexibility index (Phi) is 5.37. The van der Waals surface area contributed by atoms with Crippen LogP contribution in [0.2, 0.25) is 5.02 Å². The van der Waals surface area contributed by atoms with Gasteiger partial charge in [0.15, 0.2) is 0 Å². The van der Waals surface area contributed by atoms with Crippen LogP contribution in [0.25, 0.3) is 0 Å². The first kappa shape index (κ1) is 16.0. The van der Waals surface area contributed by atoms with E-state index >= 15 is 0 Å². The molecule has 114 valence electrons. The van der Waals surface area contributed by atoms with Crippen molar-refractivity contribution in [3.8, 4) is 0 Å². The molecule has 1 aromatic carbocycles. The van der Waals surface area contributed by atoms with Gasteiger partial charge in [-0.05, 0) is 44.0 Å². The van der Waals surface area contributed by atoms with E-state index in [1.807, 2.05) is 18.5 Å². The van der Waals surface area contributed by atoms with Crippen LogP contribution in [0, 0.1) is 5.82 Å². The molecule has 0 spiro atoms. The largest absolute Gasteiger partial charge is 0.330 e. The highest BCUT2D eigenvalue weighted by Crippen LogP contribution is 2.27. The minimum atomic E-state index is -0.237. The van der Waals surface area contributed by atoms with E-state index in [0.717, 1.165) is 34.9 Å². The predicted molar refractivity (Wildman–Crippen MR) is 84.2 cm³/mol. The summed E-state index contributed by atoms with van der Waals surface area (Å²) in [5, 5.41) is 5.26. The van der Waals surface area contributed by atoms with Crippen molar-refractivity contribution in [3.63, 3.8) is 0 Å². The van der Waals surface area contributed by atoms with Gasteiger partial charge in [-0.1, -0.05) is 30.7 Å². The molecule has 0 aliphatic heterocycles. The van der Waals surface area contributed by atoms with Gasteiger partial charge in [0.25, 0.3) is 0 Å². The first-order valence-electron chi connectivity index (χ1n) is 7.30. The van der Waals surface area contributed by atoms with E-state index in [1.165, 1.54) is 12.1 Å². The molecular formula is C16H21ClFN3. The number of hydrogen-bond acceptors (Lipinski definition) is 2. The fourth-order valence-electron chi connectivity index (χ4n) is 2.52. The normalized spacial score (nSPS) is 12.6. The van der Waals surface area contributed by atoms with E-state index in [1.54, 1.807) is 12.1 Å². The Hall–Kier alpha value is -1.39. The van der Waals surface area contributed by atoms with Gasteiger partial charge in [-0.25, -0.2) is 4.39 Å². The van der Waals surface area contributed by atoms with Crippen molar-refractivity contribution in [3.05, 3.63) is 52.1 Å². The molecular weight excluding hydrogens is 289 g/mol. The van der Waals surface area contributed by atoms with Crippen LogP contribution in [0.3, 0.4) is 0 Å². The molecule has 2 rings (SSSR count). The fourth-order valence-corrected chi connectivity index (χ4v) is 2.86. The minimum Gasteiger partial charge on any atom is -0.330 e. The molecule has 1 heterocycles. The van der Waals surface area contributed by atoms with Crippen LogP contribution in [-0.2, 0) is 19.4 Å². The van der Waals surface area contributed by atoms with E-state index in [-0.39, 0.29) is 11.7 Å². The van der Waals surface area contributed by atoms with Crippen LogP contribution < -0.4 is 5.73 Å². The highest BCUT2D eigenvalue weighted by atomic mass is 35.5. The van der Waals surface area contributed by atoms with Gasteiger partial charge in [0, 0.05) is 12.5 Å². The lowest BCUT2D eigenvalue weighted by Gasteiger charge is -2.16. The van der Waals surface area contributed by atoms with Crippen molar-refractivity contribution < 1.29 is 4.39 Å². The topological polar surface area (TPSA) is 43.8 Å². The van der Waals surface area contributed by atoms with Gasteiger partial charge in [0.2, 0.25) is 0 Å². The molecule has 1 aromatic heterocycles. The van der Waals surface area contributed by atoms with E-state index < -0.39 is 0 Å². The fraction of sp³-hybridized carbons (Fsp3) is 0.438. The maximum absolute atomic E-state index is 13.0. The van der Waals surface area contributed by atoms with Gasteiger partial charge in [-0.3, -0.25) is 4.68 Å². The van der Waals surface area contributed by atoms with Gasteiger partial charge in [-0.2, -0.15) is 5.10 Å². The molecule has 5 heteroatoms. The second-order valence-corrected chi connectivity index (χ2v) is 5.44. The highest BCUT2D eigenvalue weighted by Gasteiger charge is 2.19. The Morgan fingerprint density at radius 2 is 1.95 bits per heavy atom. The lowest BCUT2D eigenvalue weighted by molar-refractivity contribution is 0.579. The van der Waals surface area contributed by atoms with Crippen LogP contribution in [0.15, 0.2) is 24.3 Å². The molecule has 1 unspecified atom stereocenters. The Morgan fingerprint density at radius 1 is 1.29 bits per heavy atom. The van der Waals surface area contributed by atoms with E-state index in [9.17, 15) is 4.39 Å². The summed E-state index contributed by atoms with van der Waals surface area (Å²) >= 11 is 6.44. The highest BCUT2D eigenvalue weighted by molar-refractivity contribution is 6.31. The summed E-state index contributed by atoms with van der Waals surface area (Å²) in [7, 11) is 0. The average Bonchev–Trinajstić information content (AvgIpc) is 2.81. The number of nitrogens with zero attached hydrogens (tertiary/aromatic N) is 2. The summed E-state index contributed by atoms with van der Waals surface area (Å²) in [5.74, 6) is -0.130. The number of rotatable bonds is 6. The van der Waals surface area contributed by atoms with Crippen molar-refractivity contribution in [2.75, 3.05) is 6.54 Å². The van der Waals surface area contributed by atoms with E-state index in [0.29, 0.717) is 13.0 Å². The molecule has 1 atom stereocenters. The number of halogens is 2. The lowest BCUT2D eigenvalue weighted by atomic mass is 9.94. The van der Waals surface area contributed by atoms with Crippen LogP contribution in [0.1, 0.15) is 36.7 Å². The first-order chi connectivity index (χ1) is 10.1. The van der Waals surface area contributed by atoms with E-state index in [4.69, 9.17) is 17.3 Å². The summed E-state index contributed by atoms with van der Waals surface area (Å²) in [4.78, 5) is 0. The zero-order valence-corrected chi connectivity index (χ0v) is 13.2. The molecule has 0 fully saturated rings. The zero-order chi connectivity index (χ0) is 15.4. The summed E-state index contributed by atoms with van der Waals surface area (Å²) in [6, 6.07) is 6.50. The summed E-state index contributed by atoms with van der Waals surface area (Å²) in [5.41, 5.74) is 8.86. The third-order valence-electron chi connectivity index (χ3n) is 3.76. The van der Waals surface area contributed by atoms with Crippen molar-refractivity contribution >= 4 is 11.6 Å². The molecule has 0 bridgehead atoms. The van der Waals surface area contributed by atoms with Crippen molar-refractivity contribution in [2.45, 2.75) is 39.2 Å². The van der Waals surface area contributed by atoms with Crippen LogP contribution in [0.4, 0.5) is 4.39 Å². The molecule has 2 N–H and O–H groups in total. The third-order valence-corrected chi connectivity index (χ3v) is 4.20. The number of aromatic nitrogens is 2. The number of hydrogen-bond donors (Lipinski definition) is 1. The van der Waals surface area contributed by atoms with Crippen LogP contribution in [-0.4, -0.2) is 16.3 Å². The number of benzene rings is 1. The average molecular weight is 310 g/mol. The third kappa shape index (κ3) is 3.44. The molecule has 0 radical (unpaired) electrons. The smallest absolute Gasteiger partial charge is 0.123 e. The van der Waals surface area contributed by atoms with Gasteiger partial charge >= 0.3 is 0 Å². The second-order valence-electron chi connectivity index (χ2n) is 5.06. The molecule has 0 aliphatic carbocycles. The van der Waals surface area contributed by atoms with Crippen LogP contribution >= 0.6 is 11.6 Å². The predicted octanol–water partition coefficient (Wildman–Crippen LogP) is 3.54. The van der Waals surface area contributed by atoms with E-state index in [2.05, 4.69) is 5.10 Å². The maximum atomic E-state index is 13.0. The lowest BCUT2D eigenvalue weighted by Crippen LogP contribution is -2.17. The molecule has 0 saturated heterocycles. The second kappa shape index (κ2) is 7.05. The van der Waals surface area contributed by atoms with Gasteiger partial charge in [0.1, 0.15) is 5.82 Å². The van der Waals surface area contributed by atoms with Crippen molar-refractivity contribution in [1.82, 2.24) is 9.78 Å².